The maximum atomic E-state index is 6.28. The highest BCUT2D eigenvalue weighted by Gasteiger charge is 2.13. The third-order valence-electron chi connectivity index (χ3n) is 5.55. The van der Waals surface area contributed by atoms with Crippen LogP contribution in [0.5, 0.6) is 5.75 Å². The van der Waals surface area contributed by atoms with E-state index in [1.807, 2.05) is 31.2 Å². The zero-order valence-electron chi connectivity index (χ0n) is 17.2. The highest BCUT2D eigenvalue weighted by molar-refractivity contribution is 5.84. The number of hydrogen-bond acceptors (Lipinski definition) is 3. The number of fused-ring (bicyclic) bond motifs is 1. The molecule has 4 rings (SSSR count). The van der Waals surface area contributed by atoms with Gasteiger partial charge in [-0.3, -0.25) is 0 Å². The van der Waals surface area contributed by atoms with Crippen molar-refractivity contribution in [3.05, 3.63) is 94.7 Å². The molecule has 3 heteroatoms. The van der Waals surface area contributed by atoms with Crippen molar-refractivity contribution in [2.45, 2.75) is 33.9 Å². The second-order valence-corrected chi connectivity index (χ2v) is 7.46. The van der Waals surface area contributed by atoms with E-state index in [-0.39, 0.29) is 0 Å². The Hall–Kier alpha value is -3.17. The van der Waals surface area contributed by atoms with Crippen molar-refractivity contribution in [1.82, 2.24) is 4.98 Å². The third-order valence-corrected chi connectivity index (χ3v) is 5.55. The molecular weight excluding hydrogens is 356 g/mol. The highest BCUT2D eigenvalue weighted by atomic mass is 16.5. The number of ether oxygens (including phenoxy) is 1. The van der Waals surface area contributed by atoms with Crippen LogP contribution < -0.4 is 10.5 Å². The molecule has 0 saturated carbocycles. The molecule has 0 spiro atoms. The lowest BCUT2D eigenvalue weighted by atomic mass is 9.91. The lowest BCUT2D eigenvalue weighted by Gasteiger charge is -2.17. The Bertz CT molecular complexity index is 1180. The maximum absolute atomic E-state index is 6.28. The van der Waals surface area contributed by atoms with E-state index in [9.17, 15) is 0 Å². The zero-order chi connectivity index (χ0) is 20.4. The van der Waals surface area contributed by atoms with Crippen molar-refractivity contribution in [3.8, 4) is 16.9 Å². The Balaban J connectivity index is 1.71. The van der Waals surface area contributed by atoms with Crippen LogP contribution in [0.15, 0.2) is 66.7 Å². The molecule has 3 aromatic carbocycles. The molecule has 3 nitrogen and oxygen atoms in total. The molecule has 0 saturated heterocycles. The Morgan fingerprint density at radius 1 is 0.828 bits per heavy atom. The number of benzene rings is 3. The summed E-state index contributed by atoms with van der Waals surface area (Å²) in [6.45, 7) is 7.33. The van der Waals surface area contributed by atoms with Gasteiger partial charge in [0.2, 0.25) is 0 Å². The summed E-state index contributed by atoms with van der Waals surface area (Å²) >= 11 is 0. The van der Waals surface area contributed by atoms with Gasteiger partial charge < -0.3 is 10.5 Å². The fourth-order valence-electron chi connectivity index (χ4n) is 3.85. The van der Waals surface area contributed by atoms with Crippen molar-refractivity contribution in [1.29, 1.82) is 0 Å². The molecular formula is C26H26N2O. The summed E-state index contributed by atoms with van der Waals surface area (Å²) in [6, 6.07) is 22.9. The summed E-state index contributed by atoms with van der Waals surface area (Å²) in [5.41, 5.74) is 15.1. The van der Waals surface area contributed by atoms with Crippen molar-refractivity contribution in [2.24, 2.45) is 5.73 Å². The monoisotopic (exact) mass is 382 g/mol. The molecule has 1 aromatic heterocycles. The van der Waals surface area contributed by atoms with Crippen molar-refractivity contribution in [3.63, 3.8) is 0 Å². The van der Waals surface area contributed by atoms with Crippen LogP contribution in [0.3, 0.4) is 0 Å². The molecule has 0 amide bonds. The molecule has 0 atom stereocenters. The standard InChI is InChI=1S/C26H26N2O/c1-17-11-14-22(23-9-5-4-7-21(23)15-27)19(3)24(17)16-29-25-10-6-8-20-13-12-18(2)28-26(20)25/h4-14H,15-16,27H2,1-3H3. The van der Waals surface area contributed by atoms with Crippen LogP contribution in [0.1, 0.15) is 27.9 Å². The van der Waals surface area contributed by atoms with Gasteiger partial charge in [0.25, 0.3) is 0 Å². The number of nitrogens with two attached hydrogens (primary N) is 1. The van der Waals surface area contributed by atoms with Crippen molar-refractivity contribution >= 4 is 10.9 Å². The minimum Gasteiger partial charge on any atom is -0.487 e. The first-order chi connectivity index (χ1) is 14.1. The number of para-hydroxylation sites is 1. The lowest BCUT2D eigenvalue weighted by Crippen LogP contribution is -2.04. The second kappa shape index (κ2) is 8.06. The molecule has 2 N–H and O–H groups in total. The fourth-order valence-corrected chi connectivity index (χ4v) is 3.85. The Labute approximate surface area is 172 Å². The summed E-state index contributed by atoms with van der Waals surface area (Å²) in [5.74, 6) is 0.817. The number of aryl methyl sites for hydroxylation is 2. The lowest BCUT2D eigenvalue weighted by molar-refractivity contribution is 0.308. The summed E-state index contributed by atoms with van der Waals surface area (Å²) in [7, 11) is 0. The van der Waals surface area contributed by atoms with E-state index >= 15 is 0 Å². The number of aromatic nitrogens is 1. The SMILES string of the molecule is Cc1ccc2cccc(OCc3c(C)ccc(-c4ccccc4CN)c3C)c2n1. The van der Waals surface area contributed by atoms with E-state index in [0.29, 0.717) is 13.2 Å². The number of hydrogen-bond donors (Lipinski definition) is 1. The quantitative estimate of drug-likeness (QED) is 0.470. The summed E-state index contributed by atoms with van der Waals surface area (Å²) in [4.78, 5) is 4.68. The van der Waals surface area contributed by atoms with Gasteiger partial charge >= 0.3 is 0 Å². The Kier molecular flexibility index (Phi) is 5.32. The van der Waals surface area contributed by atoms with Gasteiger partial charge in [-0.25, -0.2) is 4.98 Å². The molecule has 1 heterocycles. The highest BCUT2D eigenvalue weighted by Crippen LogP contribution is 2.32. The molecule has 0 aliphatic rings. The van der Waals surface area contributed by atoms with Crippen LogP contribution in [0.2, 0.25) is 0 Å². The van der Waals surface area contributed by atoms with E-state index in [1.54, 1.807) is 0 Å². The van der Waals surface area contributed by atoms with Gasteiger partial charge in [0.05, 0.1) is 0 Å². The molecule has 4 aromatic rings. The van der Waals surface area contributed by atoms with Gasteiger partial charge in [0.15, 0.2) is 0 Å². The number of nitrogens with zero attached hydrogens (tertiary/aromatic N) is 1. The van der Waals surface area contributed by atoms with Gasteiger partial charge in [-0.15, -0.1) is 0 Å². The molecule has 0 bridgehead atoms. The van der Waals surface area contributed by atoms with E-state index < -0.39 is 0 Å². The van der Waals surface area contributed by atoms with Gasteiger partial charge in [0, 0.05) is 17.6 Å². The van der Waals surface area contributed by atoms with Crippen molar-refractivity contribution < 1.29 is 4.74 Å². The number of rotatable bonds is 5. The summed E-state index contributed by atoms with van der Waals surface area (Å²) in [5, 5.41) is 1.09. The topological polar surface area (TPSA) is 48.1 Å². The van der Waals surface area contributed by atoms with Crippen LogP contribution in [-0.4, -0.2) is 4.98 Å². The first-order valence-corrected chi connectivity index (χ1v) is 9.95. The van der Waals surface area contributed by atoms with Gasteiger partial charge in [-0.05, 0) is 66.3 Å². The van der Waals surface area contributed by atoms with Gasteiger partial charge in [-0.1, -0.05) is 54.6 Å². The maximum Gasteiger partial charge on any atom is 0.146 e. The molecule has 146 valence electrons. The molecule has 0 aliphatic carbocycles. The summed E-state index contributed by atoms with van der Waals surface area (Å²) < 4.78 is 6.28. The molecule has 0 radical (unpaired) electrons. The summed E-state index contributed by atoms with van der Waals surface area (Å²) in [6.07, 6.45) is 0. The molecule has 0 unspecified atom stereocenters. The normalized spacial score (nSPS) is 11.0. The van der Waals surface area contributed by atoms with E-state index in [4.69, 9.17) is 10.5 Å². The Morgan fingerprint density at radius 3 is 2.48 bits per heavy atom. The second-order valence-electron chi connectivity index (χ2n) is 7.46. The minimum atomic E-state index is 0.505. The van der Waals surface area contributed by atoms with Gasteiger partial charge in [0.1, 0.15) is 17.9 Å². The van der Waals surface area contributed by atoms with Crippen molar-refractivity contribution in [2.75, 3.05) is 0 Å². The van der Waals surface area contributed by atoms with E-state index in [0.717, 1.165) is 27.9 Å². The van der Waals surface area contributed by atoms with Crippen LogP contribution >= 0.6 is 0 Å². The van der Waals surface area contributed by atoms with Crippen LogP contribution in [-0.2, 0) is 13.2 Å². The van der Waals surface area contributed by atoms with Gasteiger partial charge in [-0.2, -0.15) is 0 Å². The minimum absolute atomic E-state index is 0.505. The average molecular weight is 383 g/mol. The third kappa shape index (κ3) is 3.74. The van der Waals surface area contributed by atoms with Crippen LogP contribution in [0.4, 0.5) is 0 Å². The fraction of sp³-hybridized carbons (Fsp3) is 0.192. The largest absolute Gasteiger partial charge is 0.487 e. The predicted octanol–water partition coefficient (Wildman–Crippen LogP) is 5.86. The first-order valence-electron chi connectivity index (χ1n) is 9.95. The smallest absolute Gasteiger partial charge is 0.146 e. The molecule has 0 aliphatic heterocycles. The van der Waals surface area contributed by atoms with Crippen LogP contribution in [0.25, 0.3) is 22.0 Å². The van der Waals surface area contributed by atoms with Crippen LogP contribution in [0, 0.1) is 20.8 Å². The number of pyridine rings is 1. The Morgan fingerprint density at radius 2 is 1.66 bits per heavy atom. The van der Waals surface area contributed by atoms with E-state index in [1.165, 1.54) is 27.8 Å². The first kappa shape index (κ1) is 19.2. The molecule has 29 heavy (non-hydrogen) atoms. The predicted molar refractivity (Wildman–Crippen MR) is 120 cm³/mol. The zero-order valence-corrected chi connectivity index (χ0v) is 17.2. The molecule has 0 fully saturated rings. The average Bonchev–Trinajstić information content (AvgIpc) is 2.74. The van der Waals surface area contributed by atoms with E-state index in [2.05, 4.69) is 61.3 Å².